The number of thiazole rings is 1. The van der Waals surface area contributed by atoms with E-state index in [0.717, 1.165) is 14.9 Å². The molecule has 1 atom stereocenters. The van der Waals surface area contributed by atoms with Gasteiger partial charge in [0.2, 0.25) is 0 Å². The second-order valence-electron chi connectivity index (χ2n) is 6.14. The number of hydrogen-bond donors (Lipinski definition) is 0. The monoisotopic (exact) mass is 474 g/mol. The third-order valence-electron chi connectivity index (χ3n) is 4.41. The summed E-state index contributed by atoms with van der Waals surface area (Å²) in [5.41, 5.74) is 1.72. The molecule has 3 heterocycles. The van der Waals surface area contributed by atoms with Crippen LogP contribution < -0.4 is 14.9 Å². The standard InChI is InChI=1S/C20H15BrN2O3S2/c1-11-16(19(25)26-2)17(14-4-3-9-27-14)23-18(24)15(28-20(23)22-11)10-12-5-7-13(21)8-6-12/h3-10,17H,1-2H3/b15-10-/t17-/m1/s1. The molecule has 2 aromatic heterocycles. The van der Waals surface area contributed by atoms with Crippen LogP contribution in [0.25, 0.3) is 6.08 Å². The number of methoxy groups -OCH3 is 1. The average molecular weight is 475 g/mol. The molecule has 1 aliphatic heterocycles. The van der Waals surface area contributed by atoms with Crippen LogP contribution in [0, 0.1) is 0 Å². The molecule has 0 amide bonds. The van der Waals surface area contributed by atoms with E-state index in [1.807, 2.05) is 47.9 Å². The fourth-order valence-electron chi connectivity index (χ4n) is 3.12. The Balaban J connectivity index is 1.96. The van der Waals surface area contributed by atoms with Gasteiger partial charge in [0, 0.05) is 9.35 Å². The van der Waals surface area contributed by atoms with Gasteiger partial charge in [0.1, 0.15) is 6.04 Å². The first-order chi connectivity index (χ1) is 13.5. The molecule has 0 bridgehead atoms. The molecule has 0 saturated heterocycles. The van der Waals surface area contributed by atoms with E-state index in [9.17, 15) is 9.59 Å². The van der Waals surface area contributed by atoms with Crippen LogP contribution in [0.3, 0.4) is 0 Å². The number of esters is 1. The Bertz CT molecular complexity index is 1250. The van der Waals surface area contributed by atoms with Crippen molar-refractivity contribution in [3.05, 3.63) is 87.6 Å². The fraction of sp³-hybridized carbons (Fsp3) is 0.150. The first kappa shape index (κ1) is 19.0. The summed E-state index contributed by atoms with van der Waals surface area (Å²) in [5, 5.41) is 1.93. The lowest BCUT2D eigenvalue weighted by atomic mass is 10.0. The smallest absolute Gasteiger partial charge is 0.338 e. The van der Waals surface area contributed by atoms with Gasteiger partial charge < -0.3 is 4.74 Å². The van der Waals surface area contributed by atoms with Gasteiger partial charge in [-0.2, -0.15) is 0 Å². The Hall–Kier alpha value is -2.29. The van der Waals surface area contributed by atoms with Crippen molar-refractivity contribution in [1.29, 1.82) is 0 Å². The normalized spacial score (nSPS) is 16.7. The molecule has 0 saturated carbocycles. The van der Waals surface area contributed by atoms with Crippen molar-refractivity contribution < 1.29 is 9.53 Å². The van der Waals surface area contributed by atoms with Gasteiger partial charge in [0.15, 0.2) is 4.80 Å². The van der Waals surface area contributed by atoms with Crippen molar-refractivity contribution in [2.45, 2.75) is 13.0 Å². The van der Waals surface area contributed by atoms with Gasteiger partial charge in [-0.3, -0.25) is 9.36 Å². The highest BCUT2D eigenvalue weighted by atomic mass is 79.9. The molecule has 0 spiro atoms. The van der Waals surface area contributed by atoms with Crippen molar-refractivity contribution in [3.8, 4) is 0 Å². The highest BCUT2D eigenvalue weighted by Crippen LogP contribution is 2.32. The van der Waals surface area contributed by atoms with Gasteiger partial charge >= 0.3 is 5.97 Å². The summed E-state index contributed by atoms with van der Waals surface area (Å²) < 4.78 is 8.12. The summed E-state index contributed by atoms with van der Waals surface area (Å²) in [5.74, 6) is -0.471. The van der Waals surface area contributed by atoms with Crippen LogP contribution in [-0.2, 0) is 9.53 Å². The van der Waals surface area contributed by atoms with E-state index in [1.165, 1.54) is 29.8 Å². The summed E-state index contributed by atoms with van der Waals surface area (Å²) in [7, 11) is 1.34. The van der Waals surface area contributed by atoms with Crippen LogP contribution in [0.5, 0.6) is 0 Å². The van der Waals surface area contributed by atoms with Gasteiger partial charge in [0.05, 0.1) is 22.9 Å². The minimum absolute atomic E-state index is 0.168. The van der Waals surface area contributed by atoms with Gasteiger partial charge in [-0.1, -0.05) is 45.5 Å². The highest BCUT2D eigenvalue weighted by Gasteiger charge is 2.33. The fourth-order valence-corrected chi connectivity index (χ4v) is 5.25. The van der Waals surface area contributed by atoms with E-state index in [-0.39, 0.29) is 5.56 Å². The number of carbonyl (C=O) groups is 1. The van der Waals surface area contributed by atoms with Gasteiger partial charge in [0.25, 0.3) is 5.56 Å². The van der Waals surface area contributed by atoms with Crippen molar-refractivity contribution in [2.24, 2.45) is 4.99 Å². The van der Waals surface area contributed by atoms with E-state index < -0.39 is 12.0 Å². The molecule has 0 aliphatic carbocycles. The molecule has 1 aromatic carbocycles. The van der Waals surface area contributed by atoms with Crippen LogP contribution in [-0.4, -0.2) is 17.6 Å². The Morgan fingerprint density at radius 2 is 2.04 bits per heavy atom. The maximum Gasteiger partial charge on any atom is 0.338 e. The maximum absolute atomic E-state index is 13.3. The molecule has 4 rings (SSSR count). The lowest BCUT2D eigenvalue weighted by Crippen LogP contribution is -2.39. The quantitative estimate of drug-likeness (QED) is 0.547. The summed E-state index contributed by atoms with van der Waals surface area (Å²) in [6.45, 7) is 1.78. The van der Waals surface area contributed by atoms with Crippen molar-refractivity contribution in [1.82, 2.24) is 4.57 Å². The van der Waals surface area contributed by atoms with E-state index in [4.69, 9.17) is 4.74 Å². The minimum atomic E-state index is -0.532. The lowest BCUT2D eigenvalue weighted by Gasteiger charge is -2.22. The van der Waals surface area contributed by atoms with E-state index in [2.05, 4.69) is 20.9 Å². The van der Waals surface area contributed by atoms with Crippen LogP contribution in [0.15, 0.2) is 67.3 Å². The molecule has 0 N–H and O–H groups in total. The van der Waals surface area contributed by atoms with Crippen molar-refractivity contribution >= 4 is 50.6 Å². The predicted molar refractivity (Wildman–Crippen MR) is 114 cm³/mol. The first-order valence-electron chi connectivity index (χ1n) is 8.39. The Labute approximate surface area is 177 Å². The Kier molecular flexibility index (Phi) is 5.18. The largest absolute Gasteiger partial charge is 0.466 e. The maximum atomic E-state index is 13.3. The van der Waals surface area contributed by atoms with Crippen LogP contribution in [0.1, 0.15) is 23.4 Å². The lowest BCUT2D eigenvalue weighted by molar-refractivity contribution is -0.136. The second kappa shape index (κ2) is 7.62. The van der Waals surface area contributed by atoms with Gasteiger partial charge in [-0.05, 0) is 42.1 Å². The molecule has 0 radical (unpaired) electrons. The molecule has 8 heteroatoms. The van der Waals surface area contributed by atoms with E-state index in [1.54, 1.807) is 11.5 Å². The Morgan fingerprint density at radius 3 is 2.68 bits per heavy atom. The zero-order valence-electron chi connectivity index (χ0n) is 15.0. The molecule has 28 heavy (non-hydrogen) atoms. The zero-order chi connectivity index (χ0) is 19.8. The molecule has 5 nitrogen and oxygen atoms in total. The van der Waals surface area contributed by atoms with Crippen molar-refractivity contribution in [3.63, 3.8) is 0 Å². The number of fused-ring (bicyclic) bond motifs is 1. The van der Waals surface area contributed by atoms with Crippen molar-refractivity contribution in [2.75, 3.05) is 7.11 Å². The van der Waals surface area contributed by atoms with Gasteiger partial charge in [-0.15, -0.1) is 11.3 Å². The number of aromatic nitrogens is 1. The SMILES string of the molecule is COC(=O)C1=C(C)N=c2s/c(=C\c3ccc(Br)cc3)c(=O)n2[C@@H]1c1cccs1. The number of ether oxygens (including phenoxy) is 1. The summed E-state index contributed by atoms with van der Waals surface area (Å²) >= 11 is 6.23. The third kappa shape index (κ3) is 3.32. The van der Waals surface area contributed by atoms with Crippen LogP contribution in [0.4, 0.5) is 0 Å². The van der Waals surface area contributed by atoms with E-state index >= 15 is 0 Å². The van der Waals surface area contributed by atoms with E-state index in [0.29, 0.717) is 20.6 Å². The molecular weight excluding hydrogens is 460 g/mol. The van der Waals surface area contributed by atoms with Crippen LogP contribution >= 0.6 is 38.6 Å². The summed E-state index contributed by atoms with van der Waals surface area (Å²) in [6, 6.07) is 11.0. The zero-order valence-corrected chi connectivity index (χ0v) is 18.2. The van der Waals surface area contributed by atoms with Crippen LogP contribution in [0.2, 0.25) is 0 Å². The number of nitrogens with zero attached hydrogens (tertiary/aromatic N) is 2. The second-order valence-corrected chi connectivity index (χ2v) is 9.04. The first-order valence-corrected chi connectivity index (χ1v) is 10.9. The molecular formula is C20H15BrN2O3S2. The number of allylic oxidation sites excluding steroid dienone is 1. The molecule has 142 valence electrons. The molecule has 3 aromatic rings. The number of thiophene rings is 1. The number of carbonyl (C=O) groups excluding carboxylic acids is 1. The topological polar surface area (TPSA) is 60.7 Å². The number of benzene rings is 1. The molecule has 1 aliphatic rings. The minimum Gasteiger partial charge on any atom is -0.466 e. The number of halogens is 1. The summed E-state index contributed by atoms with van der Waals surface area (Å²) in [6.07, 6.45) is 1.85. The third-order valence-corrected chi connectivity index (χ3v) is 6.84. The average Bonchev–Trinajstić information content (AvgIpc) is 3.31. The highest BCUT2D eigenvalue weighted by molar-refractivity contribution is 9.10. The Morgan fingerprint density at radius 1 is 1.29 bits per heavy atom. The number of hydrogen-bond acceptors (Lipinski definition) is 6. The predicted octanol–water partition coefficient (Wildman–Crippen LogP) is 3.23. The molecule has 0 unspecified atom stereocenters. The molecule has 0 fully saturated rings. The number of rotatable bonds is 3. The van der Waals surface area contributed by atoms with Gasteiger partial charge in [-0.25, -0.2) is 9.79 Å². The summed E-state index contributed by atoms with van der Waals surface area (Å²) in [4.78, 5) is 31.7.